The molecule has 0 spiro atoms. The van der Waals surface area contributed by atoms with Gasteiger partial charge in [0.1, 0.15) is 5.57 Å². The Bertz CT molecular complexity index is 710. The number of carbonyl (C=O) groups excluding carboxylic acids is 3. The van der Waals surface area contributed by atoms with Crippen molar-refractivity contribution in [3.8, 4) is 0 Å². The van der Waals surface area contributed by atoms with E-state index in [-0.39, 0.29) is 12.1 Å². The van der Waals surface area contributed by atoms with Crippen LogP contribution in [0.4, 0.5) is 4.79 Å². The second kappa shape index (κ2) is 5.12. The highest BCUT2D eigenvalue weighted by Gasteiger charge is 2.35. The Balaban J connectivity index is 2.00. The minimum atomic E-state index is -0.655. The zero-order valence-corrected chi connectivity index (χ0v) is 13.0. The number of hydrogen-bond acceptors (Lipinski definition) is 3. The molecular weight excluding hydrogens is 282 g/mol. The molecule has 116 valence electrons. The molecule has 2 aliphatic rings. The first kappa shape index (κ1) is 14.6. The van der Waals surface area contributed by atoms with E-state index in [1.54, 1.807) is 13.0 Å². The largest absolute Gasteiger partial charge is 0.346 e. The molecule has 6 nitrogen and oxygen atoms in total. The third kappa shape index (κ3) is 2.24. The third-order valence-electron chi connectivity index (χ3n) is 4.24. The fourth-order valence-electron chi connectivity index (χ4n) is 2.98. The van der Waals surface area contributed by atoms with Crippen molar-refractivity contribution in [2.75, 3.05) is 6.54 Å². The summed E-state index contributed by atoms with van der Waals surface area (Å²) in [6.45, 7) is 5.95. The molecule has 0 radical (unpaired) electrons. The molecule has 1 saturated carbocycles. The molecule has 0 bridgehead atoms. The van der Waals surface area contributed by atoms with E-state index < -0.39 is 17.8 Å². The van der Waals surface area contributed by atoms with Gasteiger partial charge in [0.25, 0.3) is 11.8 Å². The second-order valence-corrected chi connectivity index (χ2v) is 5.79. The summed E-state index contributed by atoms with van der Waals surface area (Å²) in [5.74, 6) is -1.16. The van der Waals surface area contributed by atoms with E-state index in [0.717, 1.165) is 21.9 Å². The number of nitrogens with one attached hydrogen (secondary N) is 1. The van der Waals surface area contributed by atoms with E-state index in [4.69, 9.17) is 0 Å². The number of imide groups is 2. The highest BCUT2D eigenvalue weighted by atomic mass is 16.2. The molecule has 2 heterocycles. The van der Waals surface area contributed by atoms with Crippen molar-refractivity contribution in [2.45, 2.75) is 39.7 Å². The van der Waals surface area contributed by atoms with Crippen molar-refractivity contribution in [1.82, 2.24) is 14.8 Å². The molecule has 1 aromatic rings. The number of aromatic nitrogens is 1. The van der Waals surface area contributed by atoms with Gasteiger partial charge in [0.2, 0.25) is 0 Å². The average molecular weight is 301 g/mol. The Morgan fingerprint density at radius 2 is 1.95 bits per heavy atom. The van der Waals surface area contributed by atoms with Gasteiger partial charge >= 0.3 is 6.03 Å². The van der Waals surface area contributed by atoms with E-state index in [9.17, 15) is 14.4 Å². The van der Waals surface area contributed by atoms with E-state index in [2.05, 4.69) is 9.88 Å². The van der Waals surface area contributed by atoms with Crippen LogP contribution in [0.2, 0.25) is 0 Å². The predicted octanol–water partition coefficient (Wildman–Crippen LogP) is 1.92. The Morgan fingerprint density at radius 1 is 1.27 bits per heavy atom. The average Bonchev–Trinajstić information content (AvgIpc) is 3.23. The summed E-state index contributed by atoms with van der Waals surface area (Å²) >= 11 is 0. The minimum Gasteiger partial charge on any atom is -0.346 e. The smallest absolute Gasteiger partial charge is 0.331 e. The molecule has 3 rings (SSSR count). The molecule has 0 atom stereocenters. The van der Waals surface area contributed by atoms with Crippen LogP contribution in [0.15, 0.2) is 11.6 Å². The molecule has 4 amide bonds. The molecule has 6 heteroatoms. The van der Waals surface area contributed by atoms with E-state index in [1.807, 2.05) is 19.9 Å². The Labute approximate surface area is 128 Å². The summed E-state index contributed by atoms with van der Waals surface area (Å²) in [5, 5.41) is 2.21. The topological polar surface area (TPSA) is 71.4 Å². The first-order valence-electron chi connectivity index (χ1n) is 7.51. The highest BCUT2D eigenvalue weighted by Crippen LogP contribution is 2.38. The van der Waals surface area contributed by atoms with E-state index in [1.165, 1.54) is 12.8 Å². The molecule has 0 unspecified atom stereocenters. The van der Waals surface area contributed by atoms with Crippen LogP contribution in [0.5, 0.6) is 0 Å². The van der Waals surface area contributed by atoms with E-state index in [0.29, 0.717) is 6.04 Å². The number of hydrogen-bond donors (Lipinski definition) is 1. The lowest BCUT2D eigenvalue weighted by molar-refractivity contribution is -0.129. The summed E-state index contributed by atoms with van der Waals surface area (Å²) in [5.41, 5.74) is 3.04. The van der Waals surface area contributed by atoms with Crippen molar-refractivity contribution in [3.63, 3.8) is 0 Å². The van der Waals surface area contributed by atoms with Gasteiger partial charge in [-0.3, -0.25) is 19.8 Å². The molecule has 2 fully saturated rings. The molecule has 0 aromatic carbocycles. The minimum absolute atomic E-state index is 0.0116. The van der Waals surface area contributed by atoms with Crippen LogP contribution >= 0.6 is 0 Å². The zero-order chi connectivity index (χ0) is 16.0. The quantitative estimate of drug-likeness (QED) is 0.685. The van der Waals surface area contributed by atoms with E-state index >= 15 is 0 Å². The standard InChI is InChI=1S/C16H19N3O3/c1-4-18-15(21)13(14(20)17-16(18)22)8-11-7-9(2)19(10(11)3)12-5-6-12/h7-8,12H,4-6H2,1-3H3,(H,17,20,22). The highest BCUT2D eigenvalue weighted by molar-refractivity contribution is 6.31. The Kier molecular flexibility index (Phi) is 3.39. The van der Waals surface area contributed by atoms with Crippen LogP contribution < -0.4 is 5.32 Å². The second-order valence-electron chi connectivity index (χ2n) is 5.79. The van der Waals surface area contributed by atoms with Crippen LogP contribution in [0, 0.1) is 13.8 Å². The maximum absolute atomic E-state index is 12.3. The number of aryl methyl sites for hydroxylation is 1. The van der Waals surface area contributed by atoms with Crippen LogP contribution in [0.25, 0.3) is 6.08 Å². The van der Waals surface area contributed by atoms with Gasteiger partial charge in [-0.1, -0.05) is 0 Å². The molecule has 1 aromatic heterocycles. The summed E-state index contributed by atoms with van der Waals surface area (Å²) in [4.78, 5) is 36.9. The predicted molar refractivity (Wildman–Crippen MR) is 81.1 cm³/mol. The normalized spacial score (nSPS) is 20.8. The number of carbonyl (C=O) groups is 3. The molecule has 1 aliphatic carbocycles. The first-order valence-corrected chi connectivity index (χ1v) is 7.51. The van der Waals surface area contributed by atoms with Gasteiger partial charge in [-0.05, 0) is 51.3 Å². The van der Waals surface area contributed by atoms with Crippen molar-refractivity contribution in [3.05, 3.63) is 28.6 Å². The van der Waals surface area contributed by atoms with Crippen molar-refractivity contribution in [1.29, 1.82) is 0 Å². The SMILES string of the molecule is CCN1C(=O)NC(=O)C(=Cc2cc(C)n(C3CC3)c2C)C1=O. The molecule has 22 heavy (non-hydrogen) atoms. The van der Waals surface area contributed by atoms with Crippen LogP contribution in [0.1, 0.15) is 42.8 Å². The maximum Gasteiger partial charge on any atom is 0.331 e. The Morgan fingerprint density at radius 3 is 2.55 bits per heavy atom. The van der Waals surface area contributed by atoms with Crippen LogP contribution in [-0.4, -0.2) is 33.9 Å². The van der Waals surface area contributed by atoms with Gasteiger partial charge in [-0.25, -0.2) is 4.79 Å². The number of rotatable bonds is 3. The fraction of sp³-hybridized carbons (Fsp3) is 0.438. The summed E-state index contributed by atoms with van der Waals surface area (Å²) in [6, 6.07) is 1.86. The van der Waals surface area contributed by atoms with Gasteiger partial charge in [0, 0.05) is 24.0 Å². The first-order chi connectivity index (χ1) is 10.4. The number of urea groups is 1. The summed E-state index contributed by atoms with van der Waals surface area (Å²) < 4.78 is 2.25. The van der Waals surface area contributed by atoms with Gasteiger partial charge in [0.15, 0.2) is 0 Å². The molecule has 1 N–H and O–H groups in total. The summed E-state index contributed by atoms with van der Waals surface area (Å²) in [7, 11) is 0. The lowest BCUT2D eigenvalue weighted by atomic mass is 10.1. The lowest BCUT2D eigenvalue weighted by Gasteiger charge is -2.24. The van der Waals surface area contributed by atoms with Gasteiger partial charge in [0.05, 0.1) is 0 Å². The van der Waals surface area contributed by atoms with Crippen molar-refractivity contribution >= 4 is 23.9 Å². The van der Waals surface area contributed by atoms with Crippen LogP contribution in [0.3, 0.4) is 0 Å². The number of barbiturate groups is 1. The summed E-state index contributed by atoms with van der Waals surface area (Å²) in [6.07, 6.45) is 3.93. The zero-order valence-electron chi connectivity index (χ0n) is 13.0. The van der Waals surface area contributed by atoms with Gasteiger partial charge in [-0.15, -0.1) is 0 Å². The monoisotopic (exact) mass is 301 g/mol. The molecule has 1 aliphatic heterocycles. The Hall–Kier alpha value is -2.37. The third-order valence-corrected chi connectivity index (χ3v) is 4.24. The number of amides is 4. The number of nitrogens with zero attached hydrogens (tertiary/aromatic N) is 2. The fourth-order valence-corrected chi connectivity index (χ4v) is 2.98. The van der Waals surface area contributed by atoms with Gasteiger partial charge in [-0.2, -0.15) is 0 Å². The van der Waals surface area contributed by atoms with Crippen molar-refractivity contribution in [2.24, 2.45) is 0 Å². The lowest BCUT2D eigenvalue weighted by Crippen LogP contribution is -2.53. The molecular formula is C16H19N3O3. The van der Waals surface area contributed by atoms with Gasteiger partial charge < -0.3 is 4.57 Å². The van der Waals surface area contributed by atoms with Crippen LogP contribution in [-0.2, 0) is 9.59 Å². The molecule has 1 saturated heterocycles. The number of likely N-dealkylation sites (N-methyl/N-ethyl adjacent to an activating group) is 1. The van der Waals surface area contributed by atoms with Crippen molar-refractivity contribution < 1.29 is 14.4 Å². The maximum atomic E-state index is 12.3.